The monoisotopic (exact) mass is 329 g/mol. The first-order valence-corrected chi connectivity index (χ1v) is 7.69. The summed E-state index contributed by atoms with van der Waals surface area (Å²) in [6.45, 7) is 4.24. The van der Waals surface area contributed by atoms with Gasteiger partial charge in [-0.05, 0) is 31.3 Å². The zero-order valence-corrected chi connectivity index (χ0v) is 13.9. The van der Waals surface area contributed by atoms with Crippen LogP contribution in [-0.2, 0) is 0 Å². The van der Waals surface area contributed by atoms with E-state index >= 15 is 0 Å². The number of likely N-dealkylation sites (N-methyl/N-ethyl adjacent to an activating group) is 1. The molecule has 2 heterocycles. The Labute approximate surface area is 142 Å². The average molecular weight is 330 g/mol. The van der Waals surface area contributed by atoms with Gasteiger partial charge in [-0.3, -0.25) is 4.99 Å². The van der Waals surface area contributed by atoms with E-state index in [1.165, 1.54) is 5.69 Å². The molecule has 0 unspecified atom stereocenters. The number of halogens is 1. The Hall–Kier alpha value is -2.04. The number of para-hydroxylation sites is 2. The van der Waals surface area contributed by atoms with Crippen LogP contribution in [0.15, 0.2) is 47.5 Å². The molecule has 2 aromatic carbocycles. The lowest BCUT2D eigenvalue weighted by Gasteiger charge is -2.35. The van der Waals surface area contributed by atoms with Crippen molar-refractivity contribution in [2.75, 3.05) is 38.1 Å². The van der Waals surface area contributed by atoms with E-state index in [1.54, 1.807) is 0 Å². The fourth-order valence-corrected chi connectivity index (χ4v) is 2.98. The summed E-state index contributed by atoms with van der Waals surface area (Å²) < 4.78 is 6.09. The van der Waals surface area contributed by atoms with Crippen LogP contribution >= 0.6 is 12.4 Å². The van der Waals surface area contributed by atoms with Gasteiger partial charge in [0.05, 0.1) is 5.56 Å². The zero-order valence-electron chi connectivity index (χ0n) is 13.1. The highest BCUT2D eigenvalue weighted by atomic mass is 35.5. The third-order valence-electron chi connectivity index (χ3n) is 4.30. The number of ether oxygens (including phenoxy) is 1. The van der Waals surface area contributed by atoms with E-state index < -0.39 is 0 Å². The molecule has 1 saturated heterocycles. The van der Waals surface area contributed by atoms with Gasteiger partial charge in [-0.1, -0.05) is 18.2 Å². The van der Waals surface area contributed by atoms with Crippen molar-refractivity contribution in [3.63, 3.8) is 0 Å². The van der Waals surface area contributed by atoms with Crippen LogP contribution in [-0.4, -0.2) is 44.3 Å². The molecule has 0 saturated carbocycles. The summed E-state index contributed by atoms with van der Waals surface area (Å²) in [7, 11) is 2.17. The van der Waals surface area contributed by atoms with Crippen molar-refractivity contribution < 1.29 is 4.74 Å². The predicted octanol–water partition coefficient (Wildman–Crippen LogP) is 3.72. The number of benzene rings is 2. The molecule has 2 aromatic rings. The standard InChI is InChI=1S/C18H19N3O.ClH/c1-20-9-11-21(12-10-20)16-6-4-8-17-14(16)13-19-15-5-2-3-7-18(15)22-17;/h2-8,13H,9-12H2,1H3;1H. The molecule has 0 N–H and O–H groups in total. The van der Waals surface area contributed by atoms with Crippen LogP contribution in [0.5, 0.6) is 11.5 Å². The van der Waals surface area contributed by atoms with Crippen LogP contribution in [0.2, 0.25) is 0 Å². The van der Waals surface area contributed by atoms with E-state index in [-0.39, 0.29) is 12.4 Å². The number of anilines is 1. The first-order valence-electron chi connectivity index (χ1n) is 7.69. The summed E-state index contributed by atoms with van der Waals surface area (Å²) in [6.07, 6.45) is 1.94. The fourth-order valence-electron chi connectivity index (χ4n) is 2.98. The molecule has 0 amide bonds. The highest BCUT2D eigenvalue weighted by molar-refractivity contribution is 5.94. The molecular formula is C18H20ClN3O. The van der Waals surface area contributed by atoms with E-state index in [1.807, 2.05) is 36.5 Å². The molecule has 0 aromatic heterocycles. The number of aliphatic imine (C=N–C) groups is 1. The molecule has 23 heavy (non-hydrogen) atoms. The van der Waals surface area contributed by atoms with Gasteiger partial charge in [-0.15, -0.1) is 12.4 Å². The van der Waals surface area contributed by atoms with Crippen LogP contribution in [0.3, 0.4) is 0 Å². The number of nitrogens with zero attached hydrogens (tertiary/aromatic N) is 3. The van der Waals surface area contributed by atoms with Crippen molar-refractivity contribution in [2.45, 2.75) is 0 Å². The highest BCUT2D eigenvalue weighted by Crippen LogP contribution is 2.38. The summed E-state index contributed by atoms with van der Waals surface area (Å²) in [4.78, 5) is 9.39. The predicted molar refractivity (Wildman–Crippen MR) is 97.2 cm³/mol. The fraction of sp³-hybridized carbons (Fsp3) is 0.278. The van der Waals surface area contributed by atoms with Gasteiger partial charge in [0.15, 0.2) is 5.75 Å². The van der Waals surface area contributed by atoms with E-state index in [0.717, 1.165) is 48.9 Å². The average Bonchev–Trinajstić information content (AvgIpc) is 2.74. The van der Waals surface area contributed by atoms with Crippen LogP contribution < -0.4 is 9.64 Å². The third-order valence-corrected chi connectivity index (χ3v) is 4.30. The Morgan fingerprint density at radius 3 is 2.48 bits per heavy atom. The summed E-state index contributed by atoms with van der Waals surface area (Å²) in [5, 5.41) is 0. The van der Waals surface area contributed by atoms with Gasteiger partial charge in [0, 0.05) is 38.1 Å². The molecule has 5 heteroatoms. The Morgan fingerprint density at radius 2 is 1.65 bits per heavy atom. The van der Waals surface area contributed by atoms with E-state index in [0.29, 0.717) is 0 Å². The Balaban J connectivity index is 0.00000156. The summed E-state index contributed by atoms with van der Waals surface area (Å²) in [5.74, 6) is 1.69. The van der Waals surface area contributed by atoms with Crippen LogP contribution in [0.1, 0.15) is 5.56 Å². The maximum Gasteiger partial charge on any atom is 0.153 e. The third kappa shape index (κ3) is 3.05. The number of rotatable bonds is 1. The zero-order chi connectivity index (χ0) is 14.9. The minimum absolute atomic E-state index is 0. The maximum absolute atomic E-state index is 6.09. The van der Waals surface area contributed by atoms with E-state index in [4.69, 9.17) is 4.74 Å². The van der Waals surface area contributed by atoms with Gasteiger partial charge in [0.1, 0.15) is 11.4 Å². The van der Waals surface area contributed by atoms with Crippen molar-refractivity contribution in [2.24, 2.45) is 4.99 Å². The number of hydrogen-bond acceptors (Lipinski definition) is 4. The largest absolute Gasteiger partial charge is 0.454 e. The molecule has 2 aliphatic rings. The van der Waals surface area contributed by atoms with Crippen molar-refractivity contribution in [1.29, 1.82) is 0 Å². The quantitative estimate of drug-likeness (QED) is 0.681. The Morgan fingerprint density at radius 1 is 0.913 bits per heavy atom. The van der Waals surface area contributed by atoms with E-state index in [2.05, 4.69) is 34.0 Å². The smallest absolute Gasteiger partial charge is 0.153 e. The lowest BCUT2D eigenvalue weighted by molar-refractivity contribution is 0.312. The summed E-state index contributed by atoms with van der Waals surface area (Å²) in [6, 6.07) is 14.1. The number of piperazine rings is 1. The molecule has 2 aliphatic heterocycles. The van der Waals surface area contributed by atoms with Crippen molar-refractivity contribution in [1.82, 2.24) is 4.90 Å². The minimum atomic E-state index is 0. The van der Waals surface area contributed by atoms with E-state index in [9.17, 15) is 0 Å². The van der Waals surface area contributed by atoms with Crippen LogP contribution in [0.25, 0.3) is 0 Å². The highest BCUT2D eigenvalue weighted by Gasteiger charge is 2.20. The van der Waals surface area contributed by atoms with Gasteiger partial charge in [-0.25, -0.2) is 0 Å². The van der Waals surface area contributed by atoms with Crippen LogP contribution in [0.4, 0.5) is 11.4 Å². The summed E-state index contributed by atoms with van der Waals surface area (Å²) >= 11 is 0. The lowest BCUT2D eigenvalue weighted by Crippen LogP contribution is -2.44. The number of fused-ring (bicyclic) bond motifs is 2. The first-order chi connectivity index (χ1) is 10.8. The Bertz CT molecular complexity index is 724. The molecule has 0 atom stereocenters. The van der Waals surface area contributed by atoms with Crippen LogP contribution in [0, 0.1) is 0 Å². The SMILES string of the molecule is CN1CCN(c2cccc3c2C=Nc2ccccc2O3)CC1.Cl. The van der Waals surface area contributed by atoms with Gasteiger partial charge >= 0.3 is 0 Å². The normalized spacial score (nSPS) is 16.7. The number of hydrogen-bond donors (Lipinski definition) is 0. The molecule has 0 aliphatic carbocycles. The Kier molecular flexibility index (Phi) is 4.55. The second kappa shape index (κ2) is 6.60. The minimum Gasteiger partial charge on any atom is -0.454 e. The maximum atomic E-state index is 6.09. The molecule has 0 radical (unpaired) electrons. The van der Waals surface area contributed by atoms with Crippen molar-refractivity contribution >= 4 is 30.0 Å². The topological polar surface area (TPSA) is 28.1 Å². The van der Waals surface area contributed by atoms with Crippen molar-refractivity contribution in [3.8, 4) is 11.5 Å². The molecule has 4 nitrogen and oxygen atoms in total. The van der Waals surface area contributed by atoms with Gasteiger partial charge in [0.25, 0.3) is 0 Å². The molecule has 0 spiro atoms. The molecule has 120 valence electrons. The molecule has 4 rings (SSSR count). The summed E-state index contributed by atoms with van der Waals surface area (Å²) in [5.41, 5.74) is 3.16. The van der Waals surface area contributed by atoms with Gasteiger partial charge < -0.3 is 14.5 Å². The van der Waals surface area contributed by atoms with Gasteiger partial charge in [-0.2, -0.15) is 0 Å². The molecule has 1 fully saturated rings. The molecular weight excluding hydrogens is 310 g/mol. The first kappa shape index (κ1) is 15.8. The second-order valence-corrected chi connectivity index (χ2v) is 5.81. The van der Waals surface area contributed by atoms with Gasteiger partial charge in [0.2, 0.25) is 0 Å². The molecule has 0 bridgehead atoms. The lowest BCUT2D eigenvalue weighted by atomic mass is 10.1. The second-order valence-electron chi connectivity index (χ2n) is 5.81. The van der Waals surface area contributed by atoms with Crippen molar-refractivity contribution in [3.05, 3.63) is 48.0 Å².